The Labute approximate surface area is 220 Å². The first-order chi connectivity index (χ1) is 17.9. The lowest BCUT2D eigenvalue weighted by atomic mass is 10.0. The SMILES string of the molecule is Cc1ccc(-c2cc(Oc3nc(-c4ccccc4)cs3)cc(C(=O)N[C@H](C)c3ccc(C)nc3)c2)nc1. The van der Waals surface area contributed by atoms with Gasteiger partial charge in [-0.2, -0.15) is 0 Å². The molecule has 0 fully saturated rings. The van der Waals surface area contributed by atoms with Crippen molar-refractivity contribution in [1.29, 1.82) is 0 Å². The number of aromatic nitrogens is 3. The molecule has 5 rings (SSSR count). The van der Waals surface area contributed by atoms with Gasteiger partial charge in [0.05, 0.1) is 17.4 Å². The molecule has 3 aromatic heterocycles. The fourth-order valence-electron chi connectivity index (χ4n) is 3.82. The fraction of sp³-hybridized carbons (Fsp3) is 0.133. The number of hydrogen-bond donors (Lipinski definition) is 1. The van der Waals surface area contributed by atoms with Crippen LogP contribution in [0.3, 0.4) is 0 Å². The molecule has 0 saturated carbocycles. The van der Waals surface area contributed by atoms with Crippen molar-refractivity contribution in [2.24, 2.45) is 0 Å². The van der Waals surface area contributed by atoms with Crippen LogP contribution in [0.25, 0.3) is 22.5 Å². The highest BCUT2D eigenvalue weighted by molar-refractivity contribution is 7.11. The summed E-state index contributed by atoms with van der Waals surface area (Å²) >= 11 is 1.41. The molecule has 1 N–H and O–H groups in total. The largest absolute Gasteiger partial charge is 0.431 e. The Morgan fingerprint density at radius 3 is 2.46 bits per heavy atom. The van der Waals surface area contributed by atoms with Crippen LogP contribution in [-0.4, -0.2) is 20.9 Å². The molecule has 1 atom stereocenters. The Kier molecular flexibility index (Phi) is 7.05. The van der Waals surface area contributed by atoms with Gasteiger partial charge in [-0.15, -0.1) is 0 Å². The Balaban J connectivity index is 1.44. The van der Waals surface area contributed by atoms with Gasteiger partial charge in [0.2, 0.25) is 0 Å². The average Bonchev–Trinajstić information content (AvgIpc) is 3.38. The first kappa shape index (κ1) is 24.3. The molecule has 3 heterocycles. The van der Waals surface area contributed by atoms with Crippen LogP contribution in [0.1, 0.15) is 40.1 Å². The molecule has 0 radical (unpaired) electrons. The topological polar surface area (TPSA) is 77.0 Å². The summed E-state index contributed by atoms with van der Waals surface area (Å²) in [5.74, 6) is 0.305. The summed E-state index contributed by atoms with van der Waals surface area (Å²) in [5.41, 5.74) is 6.80. The second kappa shape index (κ2) is 10.7. The van der Waals surface area contributed by atoms with Gasteiger partial charge in [0.1, 0.15) is 5.75 Å². The van der Waals surface area contributed by atoms with Crippen molar-refractivity contribution in [3.63, 3.8) is 0 Å². The van der Waals surface area contributed by atoms with E-state index in [1.54, 1.807) is 12.3 Å². The molecule has 0 bridgehead atoms. The number of amides is 1. The summed E-state index contributed by atoms with van der Waals surface area (Å²) < 4.78 is 6.15. The van der Waals surface area contributed by atoms with Gasteiger partial charge in [0, 0.05) is 40.2 Å². The minimum Gasteiger partial charge on any atom is -0.431 e. The average molecular weight is 507 g/mol. The molecule has 0 unspecified atom stereocenters. The summed E-state index contributed by atoms with van der Waals surface area (Å²) in [5, 5.41) is 5.53. The maximum absolute atomic E-state index is 13.3. The van der Waals surface area contributed by atoms with E-state index in [1.807, 2.05) is 99.1 Å². The number of nitrogens with zero attached hydrogens (tertiary/aromatic N) is 3. The maximum Gasteiger partial charge on any atom is 0.279 e. The highest BCUT2D eigenvalue weighted by atomic mass is 32.1. The number of carbonyl (C=O) groups is 1. The zero-order valence-corrected chi connectivity index (χ0v) is 21.6. The van der Waals surface area contributed by atoms with Crippen LogP contribution < -0.4 is 10.1 Å². The monoisotopic (exact) mass is 506 g/mol. The van der Waals surface area contributed by atoms with Gasteiger partial charge >= 0.3 is 0 Å². The van der Waals surface area contributed by atoms with Gasteiger partial charge in [0.25, 0.3) is 11.1 Å². The minimum atomic E-state index is -0.212. The van der Waals surface area contributed by atoms with Gasteiger partial charge in [0.15, 0.2) is 0 Å². The summed E-state index contributed by atoms with van der Waals surface area (Å²) in [6, 6.07) is 23.0. The third kappa shape index (κ3) is 5.90. The van der Waals surface area contributed by atoms with Crippen LogP contribution in [0.5, 0.6) is 10.9 Å². The molecule has 0 aliphatic heterocycles. The summed E-state index contributed by atoms with van der Waals surface area (Å²) in [6.45, 7) is 5.86. The van der Waals surface area contributed by atoms with Crippen LogP contribution in [0.4, 0.5) is 0 Å². The highest BCUT2D eigenvalue weighted by Crippen LogP contribution is 2.33. The number of carbonyl (C=O) groups excluding carboxylic acids is 1. The molecular weight excluding hydrogens is 480 g/mol. The quantitative estimate of drug-likeness (QED) is 0.253. The van der Waals surface area contributed by atoms with Crippen molar-refractivity contribution in [2.45, 2.75) is 26.8 Å². The van der Waals surface area contributed by atoms with Crippen LogP contribution in [0, 0.1) is 13.8 Å². The molecule has 37 heavy (non-hydrogen) atoms. The van der Waals surface area contributed by atoms with E-state index in [0.717, 1.165) is 39.3 Å². The van der Waals surface area contributed by atoms with E-state index >= 15 is 0 Å². The lowest BCUT2D eigenvalue weighted by Crippen LogP contribution is -2.26. The zero-order valence-electron chi connectivity index (χ0n) is 20.8. The van der Waals surface area contributed by atoms with Crippen molar-refractivity contribution in [3.8, 4) is 33.5 Å². The maximum atomic E-state index is 13.3. The first-order valence-electron chi connectivity index (χ1n) is 11.9. The number of benzene rings is 2. The van der Waals surface area contributed by atoms with Gasteiger partial charge in [-0.1, -0.05) is 53.8 Å². The second-order valence-corrected chi connectivity index (χ2v) is 9.68. The third-order valence-electron chi connectivity index (χ3n) is 5.92. The van der Waals surface area contributed by atoms with Crippen molar-refractivity contribution < 1.29 is 9.53 Å². The fourth-order valence-corrected chi connectivity index (χ4v) is 4.52. The normalized spacial score (nSPS) is 11.6. The molecule has 0 aliphatic rings. The number of ether oxygens (including phenoxy) is 1. The molecule has 0 saturated heterocycles. The van der Waals surface area contributed by atoms with Crippen molar-refractivity contribution in [2.75, 3.05) is 0 Å². The van der Waals surface area contributed by atoms with E-state index in [9.17, 15) is 4.79 Å². The van der Waals surface area contributed by atoms with Crippen LogP contribution in [0.15, 0.2) is 90.6 Å². The molecular formula is C30H26N4O2S. The Morgan fingerprint density at radius 2 is 1.73 bits per heavy atom. The molecule has 6 nitrogen and oxygen atoms in total. The predicted octanol–water partition coefficient (Wildman–Crippen LogP) is 7.17. The Bertz CT molecular complexity index is 1510. The minimum absolute atomic E-state index is 0.210. The number of rotatable bonds is 7. The summed E-state index contributed by atoms with van der Waals surface area (Å²) in [6.07, 6.45) is 3.59. The standard InChI is InChI=1S/C30H26N4O2S/c1-19-9-12-27(32-16-19)24-13-25(29(35)33-21(3)23-11-10-20(2)31-17-23)15-26(14-24)36-30-34-28(18-37-30)22-7-5-4-6-8-22/h4-18,21H,1-3H3,(H,33,35)/t21-/m1/s1. The van der Waals surface area contributed by atoms with Gasteiger partial charge in [-0.3, -0.25) is 14.8 Å². The molecule has 2 aromatic carbocycles. The van der Waals surface area contributed by atoms with Crippen molar-refractivity contribution >= 4 is 17.2 Å². The third-order valence-corrected chi connectivity index (χ3v) is 6.63. The Hall–Kier alpha value is -4.36. The number of hydrogen-bond acceptors (Lipinski definition) is 6. The van der Waals surface area contributed by atoms with E-state index < -0.39 is 0 Å². The molecule has 7 heteroatoms. The van der Waals surface area contributed by atoms with E-state index in [4.69, 9.17) is 4.74 Å². The van der Waals surface area contributed by atoms with Crippen LogP contribution >= 0.6 is 11.3 Å². The van der Waals surface area contributed by atoms with Crippen LogP contribution in [0.2, 0.25) is 0 Å². The van der Waals surface area contributed by atoms with Crippen molar-refractivity contribution in [1.82, 2.24) is 20.3 Å². The van der Waals surface area contributed by atoms with Crippen molar-refractivity contribution in [3.05, 3.63) is 113 Å². The van der Waals surface area contributed by atoms with Gasteiger partial charge in [-0.25, -0.2) is 4.98 Å². The highest BCUT2D eigenvalue weighted by Gasteiger charge is 2.16. The molecule has 1 amide bonds. The molecule has 184 valence electrons. The van der Waals surface area contributed by atoms with Gasteiger partial charge < -0.3 is 10.1 Å². The predicted molar refractivity (Wildman–Crippen MR) is 147 cm³/mol. The summed E-state index contributed by atoms with van der Waals surface area (Å²) in [4.78, 5) is 26.8. The smallest absolute Gasteiger partial charge is 0.279 e. The number of pyridine rings is 2. The number of thiazole rings is 1. The Morgan fingerprint density at radius 1 is 0.892 bits per heavy atom. The number of nitrogens with one attached hydrogen (secondary N) is 1. The summed E-state index contributed by atoms with van der Waals surface area (Å²) in [7, 11) is 0. The first-order valence-corrected chi connectivity index (χ1v) is 12.8. The molecule has 5 aromatic rings. The van der Waals surface area contributed by atoms with E-state index in [0.29, 0.717) is 16.5 Å². The number of aryl methyl sites for hydroxylation is 2. The molecule has 0 aliphatic carbocycles. The second-order valence-electron chi connectivity index (χ2n) is 8.86. The molecule has 0 spiro atoms. The zero-order chi connectivity index (χ0) is 25.8. The van der Waals surface area contributed by atoms with Crippen LogP contribution in [-0.2, 0) is 0 Å². The van der Waals surface area contributed by atoms with E-state index in [-0.39, 0.29) is 11.9 Å². The lowest BCUT2D eigenvalue weighted by molar-refractivity contribution is 0.0939. The lowest BCUT2D eigenvalue weighted by Gasteiger charge is -2.15. The van der Waals surface area contributed by atoms with E-state index in [2.05, 4.69) is 20.3 Å². The van der Waals surface area contributed by atoms with Gasteiger partial charge in [-0.05, 0) is 62.2 Å². The van der Waals surface area contributed by atoms with E-state index in [1.165, 1.54) is 11.3 Å².